The third-order valence-electron chi connectivity index (χ3n) is 5.41. The van der Waals surface area contributed by atoms with Gasteiger partial charge in [-0.15, -0.1) is 0 Å². The highest BCUT2D eigenvalue weighted by Crippen LogP contribution is 2.14. The molecule has 8 heteroatoms. The maximum Gasteiger partial charge on any atom is 0.240 e. The van der Waals surface area contributed by atoms with Gasteiger partial charge in [0.1, 0.15) is 0 Å². The molecule has 0 radical (unpaired) electrons. The molecule has 35 heavy (non-hydrogen) atoms. The number of nitrogens with zero attached hydrogens (tertiary/aromatic N) is 3. The van der Waals surface area contributed by atoms with Crippen LogP contribution in [-0.2, 0) is 9.59 Å². The van der Waals surface area contributed by atoms with Crippen LogP contribution in [-0.4, -0.2) is 44.4 Å². The molecule has 0 spiro atoms. The summed E-state index contributed by atoms with van der Waals surface area (Å²) in [6.07, 6.45) is 10.3. The zero-order valence-electron chi connectivity index (χ0n) is 20.4. The lowest BCUT2D eigenvalue weighted by atomic mass is 10.1. The Kier molecular flexibility index (Phi) is 9.36. The molecule has 2 aromatic carbocycles. The topological polar surface area (TPSA) is 98.2 Å². The van der Waals surface area contributed by atoms with E-state index in [1.54, 1.807) is 0 Å². The highest BCUT2D eigenvalue weighted by Gasteiger charge is 2.09. The van der Waals surface area contributed by atoms with Gasteiger partial charge < -0.3 is 10.2 Å². The van der Waals surface area contributed by atoms with Crippen molar-refractivity contribution in [2.45, 2.75) is 25.7 Å². The largest absolute Gasteiger partial charge is 0.388 e. The Hall–Kier alpha value is -4.20. The Labute approximate surface area is 206 Å². The molecule has 2 heterocycles. The van der Waals surface area contributed by atoms with E-state index in [9.17, 15) is 9.59 Å². The van der Waals surface area contributed by atoms with E-state index in [-0.39, 0.29) is 11.8 Å². The van der Waals surface area contributed by atoms with Crippen LogP contribution in [0.15, 0.2) is 70.9 Å². The molecule has 2 amide bonds. The summed E-state index contributed by atoms with van der Waals surface area (Å²) >= 11 is 0. The van der Waals surface area contributed by atoms with E-state index >= 15 is 0 Å². The normalized spacial score (nSPS) is 15.5. The summed E-state index contributed by atoms with van der Waals surface area (Å²) in [7, 11) is 5.93. The van der Waals surface area contributed by atoms with Crippen molar-refractivity contribution in [1.82, 2.24) is 10.9 Å². The van der Waals surface area contributed by atoms with Gasteiger partial charge in [-0.2, -0.15) is 10.2 Å². The molecule has 2 aromatic rings. The molecule has 3 N–H and O–H groups in total. The first-order valence-corrected chi connectivity index (χ1v) is 11.5. The van der Waals surface area contributed by atoms with Crippen LogP contribution in [0.4, 0.5) is 11.4 Å². The van der Waals surface area contributed by atoms with Gasteiger partial charge in [0.2, 0.25) is 11.8 Å². The SMILES string of the molecule is CN(C)c1ccc(C=CC2=NNC(=O)CC2)cc1.CNc1ccc(C=CC2=NNC(=O)CC2)cc1. The molecular formula is C27H32N6O2. The second-order valence-electron chi connectivity index (χ2n) is 8.30. The van der Waals surface area contributed by atoms with E-state index in [1.165, 1.54) is 5.69 Å². The van der Waals surface area contributed by atoms with E-state index in [2.05, 4.69) is 55.5 Å². The predicted molar refractivity (Wildman–Crippen MR) is 144 cm³/mol. The number of hydrazone groups is 2. The smallest absolute Gasteiger partial charge is 0.240 e. The van der Waals surface area contributed by atoms with E-state index in [1.807, 2.05) is 69.7 Å². The van der Waals surface area contributed by atoms with Gasteiger partial charge in [-0.1, -0.05) is 36.4 Å². The van der Waals surface area contributed by atoms with Gasteiger partial charge >= 0.3 is 0 Å². The quantitative estimate of drug-likeness (QED) is 0.591. The molecule has 0 aliphatic carbocycles. The molecule has 0 bridgehead atoms. The molecule has 2 aliphatic rings. The first-order chi connectivity index (χ1) is 16.9. The highest BCUT2D eigenvalue weighted by molar-refractivity contribution is 6.02. The molecule has 0 unspecified atom stereocenters. The summed E-state index contributed by atoms with van der Waals surface area (Å²) in [5, 5.41) is 11.0. The summed E-state index contributed by atoms with van der Waals surface area (Å²) in [6.45, 7) is 0. The number of carbonyl (C=O) groups excluding carboxylic acids is 2. The molecule has 0 aromatic heterocycles. The third kappa shape index (κ3) is 8.58. The lowest BCUT2D eigenvalue weighted by molar-refractivity contribution is -0.122. The fourth-order valence-corrected chi connectivity index (χ4v) is 3.25. The molecule has 8 nitrogen and oxygen atoms in total. The number of nitrogens with one attached hydrogen (secondary N) is 3. The van der Waals surface area contributed by atoms with Crippen molar-refractivity contribution < 1.29 is 9.59 Å². The number of allylic oxidation sites excluding steroid dienone is 2. The molecular weight excluding hydrogens is 440 g/mol. The first kappa shape index (κ1) is 25.4. The monoisotopic (exact) mass is 472 g/mol. The molecule has 0 fully saturated rings. The molecule has 2 aliphatic heterocycles. The number of rotatable bonds is 6. The van der Waals surface area contributed by atoms with Crippen LogP contribution in [0, 0.1) is 0 Å². The van der Waals surface area contributed by atoms with Gasteiger partial charge in [-0.05, 0) is 47.5 Å². The van der Waals surface area contributed by atoms with Gasteiger partial charge in [0.25, 0.3) is 0 Å². The van der Waals surface area contributed by atoms with Crippen molar-refractivity contribution in [2.75, 3.05) is 31.4 Å². The highest BCUT2D eigenvalue weighted by atomic mass is 16.2. The Morgan fingerprint density at radius 3 is 1.54 bits per heavy atom. The Morgan fingerprint density at radius 1 is 0.714 bits per heavy atom. The molecule has 0 saturated heterocycles. The van der Waals surface area contributed by atoms with Gasteiger partial charge in [0.15, 0.2) is 0 Å². The Balaban J connectivity index is 0.000000196. The fraction of sp³-hybridized carbons (Fsp3) is 0.259. The lowest BCUT2D eigenvalue weighted by Crippen LogP contribution is -2.24. The van der Waals surface area contributed by atoms with Crippen LogP contribution in [0.2, 0.25) is 0 Å². The fourth-order valence-electron chi connectivity index (χ4n) is 3.25. The number of hydrogen-bond acceptors (Lipinski definition) is 6. The number of carbonyl (C=O) groups is 2. The van der Waals surface area contributed by atoms with Crippen molar-refractivity contribution >= 4 is 46.8 Å². The number of benzene rings is 2. The summed E-state index contributed by atoms with van der Waals surface area (Å²) in [4.78, 5) is 23.9. The molecule has 0 atom stereocenters. The van der Waals surface area contributed by atoms with Crippen LogP contribution in [0.25, 0.3) is 12.2 Å². The third-order valence-corrected chi connectivity index (χ3v) is 5.41. The van der Waals surface area contributed by atoms with Gasteiger partial charge in [-0.3, -0.25) is 9.59 Å². The van der Waals surface area contributed by atoms with E-state index in [0.29, 0.717) is 25.7 Å². The summed E-state index contributed by atoms with van der Waals surface area (Å²) < 4.78 is 0. The summed E-state index contributed by atoms with van der Waals surface area (Å²) in [6, 6.07) is 16.4. The van der Waals surface area contributed by atoms with Gasteiger partial charge in [0, 0.05) is 58.2 Å². The van der Waals surface area contributed by atoms with Crippen LogP contribution >= 0.6 is 0 Å². The minimum atomic E-state index is -0.0134. The first-order valence-electron chi connectivity index (χ1n) is 11.5. The standard InChI is InChI=1S/C14H17N3O.C13H15N3O/c1-17(2)13-8-4-11(5-9-13)3-6-12-7-10-14(18)16-15-12;1-14-11-5-2-10(3-6-11)4-7-12-8-9-13(17)16-15-12/h3-6,8-9H,7,10H2,1-2H3,(H,16,18);2-7,14H,8-9H2,1H3,(H,16,17). The van der Waals surface area contributed by atoms with E-state index < -0.39 is 0 Å². The number of anilines is 2. The average molecular weight is 473 g/mol. The van der Waals surface area contributed by atoms with Crippen LogP contribution < -0.4 is 21.1 Å². The van der Waals surface area contributed by atoms with Crippen molar-refractivity contribution in [3.8, 4) is 0 Å². The van der Waals surface area contributed by atoms with Crippen LogP contribution in [0.3, 0.4) is 0 Å². The van der Waals surface area contributed by atoms with Crippen molar-refractivity contribution in [1.29, 1.82) is 0 Å². The van der Waals surface area contributed by atoms with Gasteiger partial charge in [0.05, 0.1) is 11.4 Å². The molecule has 182 valence electrons. The molecule has 0 saturated carbocycles. The zero-order valence-corrected chi connectivity index (χ0v) is 20.4. The number of hydrogen-bond donors (Lipinski definition) is 3. The molecule has 4 rings (SSSR count). The zero-order chi connectivity index (χ0) is 25.0. The minimum Gasteiger partial charge on any atom is -0.388 e. The maximum absolute atomic E-state index is 10.9. The Bertz CT molecular complexity index is 1130. The second-order valence-corrected chi connectivity index (χ2v) is 8.30. The summed E-state index contributed by atoms with van der Waals surface area (Å²) in [5.41, 5.74) is 11.3. The lowest BCUT2D eigenvalue weighted by Gasteiger charge is -2.12. The summed E-state index contributed by atoms with van der Waals surface area (Å²) in [5.74, 6) is -0.0250. The van der Waals surface area contributed by atoms with Crippen molar-refractivity contribution in [2.24, 2.45) is 10.2 Å². The predicted octanol–water partition coefficient (Wildman–Crippen LogP) is 4.04. The Morgan fingerprint density at radius 2 is 1.17 bits per heavy atom. The van der Waals surface area contributed by atoms with Crippen LogP contribution in [0.5, 0.6) is 0 Å². The van der Waals surface area contributed by atoms with E-state index in [0.717, 1.165) is 28.2 Å². The maximum atomic E-state index is 10.9. The van der Waals surface area contributed by atoms with Crippen molar-refractivity contribution in [3.63, 3.8) is 0 Å². The van der Waals surface area contributed by atoms with Crippen molar-refractivity contribution in [3.05, 3.63) is 71.8 Å². The minimum absolute atomic E-state index is 0.0116. The average Bonchev–Trinajstić information content (AvgIpc) is 2.89. The second kappa shape index (κ2) is 12.9. The van der Waals surface area contributed by atoms with E-state index in [4.69, 9.17) is 0 Å². The number of amides is 2. The van der Waals surface area contributed by atoms with Crippen LogP contribution in [0.1, 0.15) is 36.8 Å². The van der Waals surface area contributed by atoms with Gasteiger partial charge in [-0.25, -0.2) is 10.9 Å².